The first kappa shape index (κ1) is 11.3. The molecule has 9 heteroatoms. The van der Waals surface area contributed by atoms with E-state index in [0.29, 0.717) is 0 Å². The first-order valence-corrected chi connectivity index (χ1v) is 5.97. The third-order valence-corrected chi connectivity index (χ3v) is 3.13. The number of nitrogens with one attached hydrogen (secondary N) is 2. The molecule has 0 spiro atoms. The number of H-pyrrole nitrogens is 1. The molecule has 8 nitrogen and oxygen atoms in total. The van der Waals surface area contributed by atoms with Crippen molar-refractivity contribution >= 4 is 16.0 Å². The normalized spacial score (nSPS) is 11.4. The van der Waals surface area contributed by atoms with E-state index in [1.54, 1.807) is 0 Å². The standard InChI is InChI=1S/C8H8N4O4S/c1-5-10-11-8(16-5)12-17(14,15)6-2-3-7(13)9-4-6/h2-4H,1H3,(H,9,13)(H,11,12). The highest BCUT2D eigenvalue weighted by Gasteiger charge is 2.17. The molecule has 0 atom stereocenters. The molecule has 0 amide bonds. The average Bonchev–Trinajstić information content (AvgIpc) is 2.63. The second-order valence-electron chi connectivity index (χ2n) is 3.12. The number of aryl methyl sites for hydroxylation is 1. The van der Waals surface area contributed by atoms with E-state index in [-0.39, 0.29) is 16.8 Å². The third kappa shape index (κ3) is 2.50. The van der Waals surface area contributed by atoms with Crippen LogP contribution in [0.4, 0.5) is 6.01 Å². The summed E-state index contributed by atoms with van der Waals surface area (Å²) in [6, 6.07) is 2.05. The Morgan fingerprint density at radius 2 is 2.12 bits per heavy atom. The molecule has 2 aromatic rings. The van der Waals surface area contributed by atoms with Crippen molar-refractivity contribution in [1.82, 2.24) is 15.2 Å². The van der Waals surface area contributed by atoms with Crippen LogP contribution >= 0.6 is 0 Å². The van der Waals surface area contributed by atoms with Crippen molar-refractivity contribution in [2.24, 2.45) is 0 Å². The van der Waals surface area contributed by atoms with Gasteiger partial charge in [0.25, 0.3) is 10.0 Å². The molecule has 0 aliphatic carbocycles. The molecule has 90 valence electrons. The second kappa shape index (κ2) is 4.01. The van der Waals surface area contributed by atoms with Gasteiger partial charge in [0, 0.05) is 19.2 Å². The van der Waals surface area contributed by atoms with Gasteiger partial charge in [-0.15, -0.1) is 5.10 Å². The van der Waals surface area contributed by atoms with Gasteiger partial charge in [-0.25, -0.2) is 13.1 Å². The lowest BCUT2D eigenvalue weighted by atomic mass is 10.5. The summed E-state index contributed by atoms with van der Waals surface area (Å²) in [6.45, 7) is 1.53. The number of aromatic nitrogens is 3. The molecule has 17 heavy (non-hydrogen) atoms. The zero-order chi connectivity index (χ0) is 12.5. The maximum absolute atomic E-state index is 11.8. The molecule has 0 fully saturated rings. The number of anilines is 1. The number of sulfonamides is 1. The molecule has 2 aromatic heterocycles. The molecule has 0 aliphatic rings. The Balaban J connectivity index is 2.31. The summed E-state index contributed by atoms with van der Waals surface area (Å²) in [5.74, 6) is 0.240. The molecule has 2 rings (SSSR count). The van der Waals surface area contributed by atoms with Gasteiger partial charge in [-0.1, -0.05) is 5.10 Å². The lowest BCUT2D eigenvalue weighted by Gasteiger charge is -2.02. The number of rotatable bonds is 3. The van der Waals surface area contributed by atoms with Gasteiger partial charge in [0.15, 0.2) is 0 Å². The first-order valence-electron chi connectivity index (χ1n) is 4.49. The topological polar surface area (TPSA) is 118 Å². The molecular weight excluding hydrogens is 248 g/mol. The van der Waals surface area contributed by atoms with Crippen molar-refractivity contribution in [2.75, 3.05) is 4.72 Å². The van der Waals surface area contributed by atoms with Crippen LogP contribution in [0.2, 0.25) is 0 Å². The number of nitrogens with zero attached hydrogens (tertiary/aromatic N) is 2. The van der Waals surface area contributed by atoms with Crippen molar-refractivity contribution in [3.8, 4) is 0 Å². The lowest BCUT2D eigenvalue weighted by molar-refractivity contribution is 0.534. The van der Waals surface area contributed by atoms with Gasteiger partial charge in [0.1, 0.15) is 4.90 Å². The predicted molar refractivity (Wildman–Crippen MR) is 56.9 cm³/mol. The number of pyridine rings is 1. The van der Waals surface area contributed by atoms with Gasteiger partial charge in [0.05, 0.1) is 0 Å². The highest BCUT2D eigenvalue weighted by molar-refractivity contribution is 7.92. The van der Waals surface area contributed by atoms with E-state index >= 15 is 0 Å². The Hall–Kier alpha value is -2.16. The molecule has 2 heterocycles. The average molecular weight is 256 g/mol. The van der Waals surface area contributed by atoms with Gasteiger partial charge < -0.3 is 9.40 Å². The Morgan fingerprint density at radius 3 is 2.65 bits per heavy atom. The summed E-state index contributed by atoms with van der Waals surface area (Å²) in [5.41, 5.74) is -0.391. The Kier molecular flexibility index (Phi) is 2.68. The zero-order valence-corrected chi connectivity index (χ0v) is 9.48. The molecule has 0 radical (unpaired) electrons. The molecule has 0 aromatic carbocycles. The molecule has 0 saturated carbocycles. The second-order valence-corrected chi connectivity index (χ2v) is 4.80. The van der Waals surface area contributed by atoms with Gasteiger partial charge >= 0.3 is 6.01 Å². The summed E-state index contributed by atoms with van der Waals surface area (Å²) in [4.78, 5) is 13.0. The summed E-state index contributed by atoms with van der Waals surface area (Å²) < 4.78 is 30.5. The molecular formula is C8H8N4O4S. The van der Waals surface area contributed by atoms with E-state index in [0.717, 1.165) is 12.3 Å². The van der Waals surface area contributed by atoms with Crippen LogP contribution in [0.5, 0.6) is 0 Å². The summed E-state index contributed by atoms with van der Waals surface area (Å²) in [7, 11) is -3.83. The maximum atomic E-state index is 11.8. The highest BCUT2D eigenvalue weighted by atomic mass is 32.2. The van der Waals surface area contributed by atoms with Crippen LogP contribution in [-0.2, 0) is 10.0 Å². The van der Waals surface area contributed by atoms with Crippen LogP contribution in [0.3, 0.4) is 0 Å². The van der Waals surface area contributed by atoms with Crippen LogP contribution in [0.25, 0.3) is 0 Å². The molecule has 2 N–H and O–H groups in total. The maximum Gasteiger partial charge on any atom is 0.329 e. The monoisotopic (exact) mass is 256 g/mol. The number of hydrogen-bond acceptors (Lipinski definition) is 6. The van der Waals surface area contributed by atoms with Crippen molar-refractivity contribution in [1.29, 1.82) is 0 Å². The van der Waals surface area contributed by atoms with Crippen LogP contribution in [0.15, 0.2) is 32.4 Å². The minimum Gasteiger partial charge on any atom is -0.408 e. The molecule has 0 unspecified atom stereocenters. The van der Waals surface area contributed by atoms with Crippen LogP contribution in [0, 0.1) is 6.92 Å². The Labute approximate surface area is 95.7 Å². The number of aromatic amines is 1. The largest absolute Gasteiger partial charge is 0.408 e. The van der Waals surface area contributed by atoms with Crippen molar-refractivity contribution in [3.05, 3.63) is 34.6 Å². The van der Waals surface area contributed by atoms with E-state index in [9.17, 15) is 13.2 Å². The van der Waals surface area contributed by atoms with E-state index in [4.69, 9.17) is 4.42 Å². The van der Waals surface area contributed by atoms with Crippen molar-refractivity contribution in [3.63, 3.8) is 0 Å². The molecule has 0 bridgehead atoms. The minimum absolute atomic E-state index is 0.104. The quantitative estimate of drug-likeness (QED) is 0.789. The SMILES string of the molecule is Cc1nnc(NS(=O)(=O)c2ccc(=O)[nH]c2)o1. The first-order chi connectivity index (χ1) is 7.97. The summed E-state index contributed by atoms with van der Waals surface area (Å²) >= 11 is 0. The minimum atomic E-state index is -3.83. The van der Waals surface area contributed by atoms with Crippen LogP contribution in [0.1, 0.15) is 5.89 Å². The van der Waals surface area contributed by atoms with Crippen molar-refractivity contribution in [2.45, 2.75) is 11.8 Å². The molecule has 0 aliphatic heterocycles. The molecule has 0 saturated heterocycles. The lowest BCUT2D eigenvalue weighted by Crippen LogP contribution is -2.15. The zero-order valence-electron chi connectivity index (χ0n) is 8.67. The van der Waals surface area contributed by atoms with E-state index < -0.39 is 15.6 Å². The van der Waals surface area contributed by atoms with Crippen LogP contribution < -0.4 is 10.3 Å². The third-order valence-electron chi connectivity index (χ3n) is 1.81. The Bertz CT molecular complexity index is 667. The van der Waals surface area contributed by atoms with Gasteiger partial charge in [0.2, 0.25) is 11.4 Å². The van der Waals surface area contributed by atoms with Crippen LogP contribution in [-0.4, -0.2) is 23.6 Å². The van der Waals surface area contributed by atoms with Crippen molar-refractivity contribution < 1.29 is 12.8 Å². The van der Waals surface area contributed by atoms with Gasteiger partial charge in [-0.3, -0.25) is 4.79 Å². The fourth-order valence-electron chi connectivity index (χ4n) is 1.08. The summed E-state index contributed by atoms with van der Waals surface area (Å²) in [6.07, 6.45) is 1.08. The highest BCUT2D eigenvalue weighted by Crippen LogP contribution is 2.12. The van der Waals surface area contributed by atoms with E-state index in [2.05, 4.69) is 19.9 Å². The predicted octanol–water partition coefficient (Wildman–Crippen LogP) is -0.133. The smallest absolute Gasteiger partial charge is 0.329 e. The van der Waals surface area contributed by atoms with Gasteiger partial charge in [-0.2, -0.15) is 0 Å². The van der Waals surface area contributed by atoms with E-state index in [1.807, 2.05) is 0 Å². The summed E-state index contributed by atoms with van der Waals surface area (Å²) in [5, 5.41) is 6.97. The van der Waals surface area contributed by atoms with E-state index in [1.165, 1.54) is 13.0 Å². The number of hydrogen-bond donors (Lipinski definition) is 2. The Morgan fingerprint density at radius 1 is 1.35 bits per heavy atom. The van der Waals surface area contributed by atoms with Gasteiger partial charge in [-0.05, 0) is 6.07 Å². The fraction of sp³-hybridized carbons (Fsp3) is 0.125. The fourth-order valence-corrected chi connectivity index (χ4v) is 1.97.